The van der Waals surface area contributed by atoms with Gasteiger partial charge in [0.25, 0.3) is 0 Å². The topological polar surface area (TPSA) is 48.4 Å². The fraction of sp³-hybridized carbons (Fsp3) is 0.167. The van der Waals surface area contributed by atoms with Crippen molar-refractivity contribution in [2.24, 2.45) is 0 Å². The maximum absolute atomic E-state index is 12.2. The monoisotopic (exact) mass is 373 g/mol. The van der Waals surface area contributed by atoms with E-state index in [2.05, 4.69) is 4.98 Å². The molecule has 0 spiro atoms. The Morgan fingerprint density at radius 3 is 2.43 bits per heavy atom. The highest BCUT2D eigenvalue weighted by Gasteiger charge is 2.11. The summed E-state index contributed by atoms with van der Waals surface area (Å²) in [5.74, 6) is 0.735. The molecular formula is C24H23NO3. The highest BCUT2D eigenvalue weighted by molar-refractivity contribution is 5.75. The van der Waals surface area contributed by atoms with Crippen LogP contribution in [0, 0.1) is 0 Å². The minimum Gasteiger partial charge on any atom is -0.490 e. The third-order valence-electron chi connectivity index (χ3n) is 4.13. The summed E-state index contributed by atoms with van der Waals surface area (Å²) in [7, 11) is 0. The minimum atomic E-state index is -0.273. The van der Waals surface area contributed by atoms with Crippen LogP contribution in [0.5, 0.6) is 11.5 Å². The van der Waals surface area contributed by atoms with Crippen molar-refractivity contribution in [3.8, 4) is 11.5 Å². The van der Waals surface area contributed by atoms with Gasteiger partial charge in [-0.2, -0.15) is 0 Å². The Kier molecular flexibility index (Phi) is 6.96. The van der Waals surface area contributed by atoms with Crippen molar-refractivity contribution in [1.29, 1.82) is 0 Å². The van der Waals surface area contributed by atoms with E-state index in [0.717, 1.165) is 16.7 Å². The average molecular weight is 373 g/mol. The van der Waals surface area contributed by atoms with Crippen molar-refractivity contribution in [2.75, 3.05) is 6.61 Å². The van der Waals surface area contributed by atoms with E-state index in [4.69, 9.17) is 9.47 Å². The lowest BCUT2D eigenvalue weighted by Crippen LogP contribution is -2.10. The first-order valence-electron chi connectivity index (χ1n) is 9.34. The van der Waals surface area contributed by atoms with Gasteiger partial charge in [-0.3, -0.25) is 9.78 Å². The third kappa shape index (κ3) is 5.81. The van der Waals surface area contributed by atoms with Crippen LogP contribution in [0.1, 0.15) is 30.0 Å². The van der Waals surface area contributed by atoms with Crippen molar-refractivity contribution in [3.63, 3.8) is 0 Å². The van der Waals surface area contributed by atoms with Crippen LogP contribution in [-0.2, 0) is 11.2 Å². The second-order valence-electron chi connectivity index (χ2n) is 6.21. The number of carbonyl (C=O) groups is 1. The summed E-state index contributed by atoms with van der Waals surface area (Å²) in [6.45, 7) is 2.40. The molecule has 3 aromatic rings. The van der Waals surface area contributed by atoms with E-state index >= 15 is 0 Å². The van der Waals surface area contributed by atoms with Gasteiger partial charge in [0.05, 0.1) is 6.61 Å². The first-order chi connectivity index (χ1) is 13.7. The molecule has 0 N–H and O–H groups in total. The molecule has 142 valence electrons. The van der Waals surface area contributed by atoms with Crippen LogP contribution in [0.25, 0.3) is 12.2 Å². The van der Waals surface area contributed by atoms with Crippen LogP contribution in [0.3, 0.4) is 0 Å². The Morgan fingerprint density at radius 1 is 0.929 bits per heavy atom. The zero-order chi connectivity index (χ0) is 19.6. The molecule has 0 fully saturated rings. The lowest BCUT2D eigenvalue weighted by atomic mass is 10.1. The van der Waals surface area contributed by atoms with E-state index in [1.54, 1.807) is 18.5 Å². The fourth-order valence-electron chi connectivity index (χ4n) is 2.71. The van der Waals surface area contributed by atoms with Crippen molar-refractivity contribution in [1.82, 2.24) is 4.98 Å². The van der Waals surface area contributed by atoms with Gasteiger partial charge in [-0.1, -0.05) is 48.6 Å². The lowest BCUT2D eigenvalue weighted by molar-refractivity contribution is -0.134. The molecule has 28 heavy (non-hydrogen) atoms. The van der Waals surface area contributed by atoms with E-state index in [1.165, 1.54) is 0 Å². The summed E-state index contributed by atoms with van der Waals surface area (Å²) in [5, 5.41) is 0. The first kappa shape index (κ1) is 19.4. The van der Waals surface area contributed by atoms with Crippen molar-refractivity contribution in [2.45, 2.75) is 19.8 Å². The van der Waals surface area contributed by atoms with Gasteiger partial charge in [0.15, 0.2) is 11.5 Å². The van der Waals surface area contributed by atoms with E-state index in [0.29, 0.717) is 30.9 Å². The standard InChI is InChI=1S/C24H23NO3/c1-2-27-23-18-21(9-8-20-14-16-25-17-15-20)10-12-22(23)28-24(26)13-11-19-6-4-3-5-7-19/h3-10,12,14-18H,2,11,13H2,1H3/b9-8+. The summed E-state index contributed by atoms with van der Waals surface area (Å²) in [6, 6.07) is 19.3. The highest BCUT2D eigenvalue weighted by atomic mass is 16.6. The van der Waals surface area contributed by atoms with E-state index < -0.39 is 0 Å². The summed E-state index contributed by atoms with van der Waals surface area (Å²) in [4.78, 5) is 16.3. The molecule has 0 amide bonds. The van der Waals surface area contributed by atoms with Crippen LogP contribution < -0.4 is 9.47 Å². The second-order valence-corrected chi connectivity index (χ2v) is 6.21. The Hall–Kier alpha value is -3.40. The van der Waals surface area contributed by atoms with Gasteiger partial charge in [-0.25, -0.2) is 0 Å². The fourth-order valence-corrected chi connectivity index (χ4v) is 2.71. The molecule has 0 saturated carbocycles. The maximum Gasteiger partial charge on any atom is 0.311 e. The van der Waals surface area contributed by atoms with E-state index in [1.807, 2.05) is 73.7 Å². The normalized spacial score (nSPS) is 10.8. The van der Waals surface area contributed by atoms with Crippen LogP contribution in [-0.4, -0.2) is 17.6 Å². The summed E-state index contributed by atoms with van der Waals surface area (Å²) >= 11 is 0. The van der Waals surface area contributed by atoms with Crippen LogP contribution >= 0.6 is 0 Å². The third-order valence-corrected chi connectivity index (χ3v) is 4.13. The van der Waals surface area contributed by atoms with Crippen LogP contribution in [0.15, 0.2) is 73.1 Å². The summed E-state index contributed by atoms with van der Waals surface area (Å²) in [5.41, 5.74) is 3.13. The summed E-state index contributed by atoms with van der Waals surface area (Å²) in [6.07, 6.45) is 8.46. The Bertz CT molecular complexity index is 921. The molecule has 1 heterocycles. The molecular weight excluding hydrogens is 350 g/mol. The van der Waals surface area contributed by atoms with Crippen molar-refractivity contribution < 1.29 is 14.3 Å². The molecule has 0 unspecified atom stereocenters. The number of pyridine rings is 1. The van der Waals surface area contributed by atoms with Gasteiger partial charge in [-0.15, -0.1) is 0 Å². The average Bonchev–Trinajstić information content (AvgIpc) is 2.74. The molecule has 2 aromatic carbocycles. The Labute approximate surface area is 165 Å². The molecule has 0 saturated heterocycles. The molecule has 4 heteroatoms. The quantitative estimate of drug-likeness (QED) is 0.403. The number of aromatic nitrogens is 1. The number of rotatable bonds is 8. The van der Waals surface area contributed by atoms with Gasteiger partial charge in [0.1, 0.15) is 0 Å². The molecule has 0 aliphatic rings. The highest BCUT2D eigenvalue weighted by Crippen LogP contribution is 2.29. The van der Waals surface area contributed by atoms with Crippen LogP contribution in [0.2, 0.25) is 0 Å². The summed E-state index contributed by atoms with van der Waals surface area (Å²) < 4.78 is 11.2. The zero-order valence-electron chi connectivity index (χ0n) is 15.9. The van der Waals surface area contributed by atoms with E-state index in [-0.39, 0.29) is 5.97 Å². The number of benzene rings is 2. The molecule has 4 nitrogen and oxygen atoms in total. The molecule has 0 aliphatic heterocycles. The number of nitrogens with zero attached hydrogens (tertiary/aromatic N) is 1. The minimum absolute atomic E-state index is 0.273. The van der Waals surface area contributed by atoms with Gasteiger partial charge in [-0.05, 0) is 54.3 Å². The number of aryl methyl sites for hydroxylation is 1. The maximum atomic E-state index is 12.2. The SMILES string of the molecule is CCOc1cc(/C=C/c2ccncc2)ccc1OC(=O)CCc1ccccc1. The molecule has 0 radical (unpaired) electrons. The second kappa shape index (κ2) is 10.1. The molecule has 0 atom stereocenters. The molecule has 0 bridgehead atoms. The van der Waals surface area contributed by atoms with Crippen LogP contribution in [0.4, 0.5) is 0 Å². The van der Waals surface area contributed by atoms with E-state index in [9.17, 15) is 4.79 Å². The number of hydrogen-bond acceptors (Lipinski definition) is 4. The number of carbonyl (C=O) groups excluding carboxylic acids is 1. The molecule has 3 rings (SSSR count). The van der Waals surface area contributed by atoms with Crippen molar-refractivity contribution in [3.05, 3.63) is 89.7 Å². The number of ether oxygens (including phenoxy) is 2. The predicted octanol–water partition coefficient (Wildman–Crippen LogP) is 5.19. The number of esters is 1. The lowest BCUT2D eigenvalue weighted by Gasteiger charge is -2.11. The predicted molar refractivity (Wildman–Crippen MR) is 111 cm³/mol. The Balaban J connectivity index is 1.66. The van der Waals surface area contributed by atoms with Gasteiger partial charge in [0, 0.05) is 18.8 Å². The zero-order valence-corrected chi connectivity index (χ0v) is 15.9. The first-order valence-corrected chi connectivity index (χ1v) is 9.34. The number of hydrogen-bond donors (Lipinski definition) is 0. The molecule has 0 aliphatic carbocycles. The van der Waals surface area contributed by atoms with Gasteiger partial charge >= 0.3 is 5.97 Å². The smallest absolute Gasteiger partial charge is 0.311 e. The largest absolute Gasteiger partial charge is 0.490 e. The van der Waals surface area contributed by atoms with Crippen molar-refractivity contribution >= 4 is 18.1 Å². The van der Waals surface area contributed by atoms with Gasteiger partial charge in [0.2, 0.25) is 0 Å². The van der Waals surface area contributed by atoms with Gasteiger partial charge < -0.3 is 9.47 Å². The Morgan fingerprint density at radius 2 is 1.68 bits per heavy atom. The molecule has 1 aromatic heterocycles.